The number of nitrogens with two attached hydrogens (primary N) is 1. The molecule has 0 fully saturated rings. The van der Waals surface area contributed by atoms with Crippen LogP contribution in [0, 0.1) is 52.9 Å². The van der Waals surface area contributed by atoms with Gasteiger partial charge in [-0.05, 0) is 153 Å². The highest BCUT2D eigenvalue weighted by Gasteiger charge is 2.14. The van der Waals surface area contributed by atoms with Crippen LogP contribution < -0.4 is 5.73 Å². The number of nitrogens with zero attached hydrogens (tertiary/aromatic N) is 2. The molecule has 0 heterocycles. The van der Waals surface area contributed by atoms with Gasteiger partial charge < -0.3 is 5.73 Å². The fourth-order valence-corrected chi connectivity index (χ4v) is 5.81. The van der Waals surface area contributed by atoms with Crippen molar-refractivity contribution in [1.82, 2.24) is 0 Å². The maximum absolute atomic E-state index is 14.5. The van der Waals surface area contributed by atoms with Crippen LogP contribution >= 0.6 is 0 Å². The second-order valence-electron chi connectivity index (χ2n) is 11.5. The number of anilines is 1. The lowest BCUT2D eigenvalue weighted by Gasteiger charge is -2.15. The summed E-state index contributed by atoms with van der Waals surface area (Å²) in [5.41, 5.74) is 13.4. The third-order valence-corrected chi connectivity index (χ3v) is 7.74. The van der Waals surface area contributed by atoms with Crippen LogP contribution in [0.1, 0.15) is 41.7 Å². The first-order chi connectivity index (χ1) is 23.5. The van der Waals surface area contributed by atoms with Crippen molar-refractivity contribution in [2.24, 2.45) is 0 Å². The molecule has 6 aromatic rings. The number of benzene rings is 6. The van der Waals surface area contributed by atoms with E-state index in [1.54, 1.807) is 31.2 Å². The van der Waals surface area contributed by atoms with Gasteiger partial charge in [-0.25, -0.2) is 17.6 Å². The van der Waals surface area contributed by atoms with Crippen LogP contribution in [-0.4, -0.2) is 0 Å². The SMILES string of the molecule is CC.Cc1cc(F)cc(-c2cc(Cc3cc(-c4cc(N)cc(F)c4)cc(-c4cc(F)cc(C#N)c4)c3)cc(-c3cc(F)cc(C#N)c3)c2)c1. The Balaban J connectivity index is 0.00000230. The Morgan fingerprint density at radius 2 is 0.796 bits per heavy atom. The van der Waals surface area contributed by atoms with Gasteiger partial charge in [-0.3, -0.25) is 0 Å². The van der Waals surface area contributed by atoms with E-state index in [9.17, 15) is 28.1 Å². The van der Waals surface area contributed by atoms with Gasteiger partial charge in [-0.15, -0.1) is 0 Å². The average molecular weight is 654 g/mol. The van der Waals surface area contributed by atoms with Crippen LogP contribution in [-0.2, 0) is 6.42 Å². The maximum atomic E-state index is 14.5. The second-order valence-corrected chi connectivity index (χ2v) is 11.5. The van der Waals surface area contributed by atoms with E-state index in [0.717, 1.165) is 28.8 Å². The Bertz CT molecular complexity index is 2080. The first kappa shape index (κ1) is 34.2. The average Bonchev–Trinajstić information content (AvgIpc) is 3.07. The summed E-state index contributed by atoms with van der Waals surface area (Å²) in [6, 6.07) is 32.1. The summed E-state index contributed by atoms with van der Waals surface area (Å²) in [5, 5.41) is 18.9. The van der Waals surface area contributed by atoms with Crippen molar-refractivity contribution in [3.05, 3.63) is 160 Å². The van der Waals surface area contributed by atoms with Gasteiger partial charge in [0.2, 0.25) is 0 Å². The van der Waals surface area contributed by atoms with Crippen molar-refractivity contribution in [2.75, 3.05) is 5.73 Å². The number of nitriles is 2. The van der Waals surface area contributed by atoms with Crippen molar-refractivity contribution in [1.29, 1.82) is 10.5 Å². The van der Waals surface area contributed by atoms with Gasteiger partial charge >= 0.3 is 0 Å². The van der Waals surface area contributed by atoms with E-state index in [4.69, 9.17) is 5.73 Å². The predicted molar refractivity (Wildman–Crippen MR) is 187 cm³/mol. The summed E-state index contributed by atoms with van der Waals surface area (Å²) in [4.78, 5) is 0. The van der Waals surface area contributed by atoms with Crippen molar-refractivity contribution in [3.8, 4) is 56.6 Å². The number of hydrogen-bond acceptors (Lipinski definition) is 3. The molecule has 0 unspecified atom stereocenters. The monoisotopic (exact) mass is 653 g/mol. The van der Waals surface area contributed by atoms with E-state index in [1.807, 2.05) is 62.4 Å². The molecule has 0 aliphatic heterocycles. The lowest BCUT2D eigenvalue weighted by atomic mass is 9.90. The summed E-state index contributed by atoms with van der Waals surface area (Å²) in [7, 11) is 0. The second kappa shape index (κ2) is 14.7. The van der Waals surface area contributed by atoms with Crippen molar-refractivity contribution in [3.63, 3.8) is 0 Å². The number of rotatable bonds is 6. The zero-order chi connectivity index (χ0) is 35.2. The molecule has 0 aliphatic carbocycles. The molecule has 0 aliphatic rings. The highest BCUT2D eigenvalue weighted by Crippen LogP contribution is 2.34. The molecule has 242 valence electrons. The first-order valence-electron chi connectivity index (χ1n) is 15.6. The minimum atomic E-state index is -0.574. The molecule has 0 bridgehead atoms. The molecule has 0 saturated carbocycles. The summed E-state index contributed by atoms with van der Waals surface area (Å²) >= 11 is 0. The van der Waals surface area contributed by atoms with Crippen molar-refractivity contribution >= 4 is 5.69 Å². The number of hydrogen-bond donors (Lipinski definition) is 1. The normalized spacial score (nSPS) is 10.5. The molecule has 0 radical (unpaired) electrons. The maximum Gasteiger partial charge on any atom is 0.125 e. The zero-order valence-corrected chi connectivity index (χ0v) is 27.1. The molecule has 0 spiro atoms. The van der Waals surface area contributed by atoms with E-state index >= 15 is 0 Å². The Morgan fingerprint density at radius 1 is 0.449 bits per heavy atom. The lowest BCUT2D eigenvalue weighted by Crippen LogP contribution is -1.96. The van der Waals surface area contributed by atoms with Gasteiger partial charge in [0.25, 0.3) is 0 Å². The smallest absolute Gasteiger partial charge is 0.125 e. The topological polar surface area (TPSA) is 73.6 Å². The number of aryl methyl sites for hydroxylation is 1. The first-order valence-corrected chi connectivity index (χ1v) is 15.6. The largest absolute Gasteiger partial charge is 0.399 e. The van der Waals surface area contributed by atoms with E-state index in [2.05, 4.69) is 0 Å². The predicted octanol–water partition coefficient (Wildman–Crippen LogP) is 11.2. The van der Waals surface area contributed by atoms with Crippen LogP contribution in [0.2, 0.25) is 0 Å². The number of halogens is 4. The highest BCUT2D eigenvalue weighted by atomic mass is 19.1. The molecule has 3 nitrogen and oxygen atoms in total. The van der Waals surface area contributed by atoms with E-state index in [-0.39, 0.29) is 16.8 Å². The standard InChI is InChI=1S/C40H25F4N3.C2H6/c1-23-2-28(15-36(41)3-23)29-5-24(6-30(13-29)33-9-26(21-45)11-37(42)16-33)4-25-7-31(34-10-27(22-46)12-38(43)17-34)14-32(8-25)35-18-39(44)20-40(47)19-35;1-2/h2-3,5-20H,4,47H2,1H3;1-2H3. The Kier molecular flexibility index (Phi) is 10.3. The van der Waals surface area contributed by atoms with Gasteiger partial charge in [-0.1, -0.05) is 44.2 Å². The minimum Gasteiger partial charge on any atom is -0.399 e. The summed E-state index contributed by atoms with van der Waals surface area (Å²) in [6.07, 6.45) is 0.321. The van der Waals surface area contributed by atoms with Gasteiger partial charge in [0, 0.05) is 5.69 Å². The molecule has 2 N–H and O–H groups in total. The Morgan fingerprint density at radius 3 is 1.18 bits per heavy atom. The molecule has 0 atom stereocenters. The Labute approximate surface area is 283 Å². The van der Waals surface area contributed by atoms with Gasteiger partial charge in [0.1, 0.15) is 23.3 Å². The molecule has 7 heteroatoms. The van der Waals surface area contributed by atoms with Crippen LogP contribution in [0.5, 0.6) is 0 Å². The van der Waals surface area contributed by atoms with E-state index in [1.165, 1.54) is 36.4 Å². The zero-order valence-electron chi connectivity index (χ0n) is 27.1. The van der Waals surface area contributed by atoms with Crippen LogP contribution in [0.25, 0.3) is 44.5 Å². The third-order valence-electron chi connectivity index (χ3n) is 7.74. The quantitative estimate of drug-likeness (QED) is 0.144. The summed E-state index contributed by atoms with van der Waals surface area (Å²) < 4.78 is 58.0. The molecular weight excluding hydrogens is 622 g/mol. The van der Waals surface area contributed by atoms with Gasteiger partial charge in [0.05, 0.1) is 23.3 Å². The molecule has 6 aromatic carbocycles. The molecule has 0 saturated heterocycles. The minimum absolute atomic E-state index is 0.150. The Hall–Kier alpha value is -6.18. The molecule has 0 aromatic heterocycles. The molecular formula is C42H31F4N3. The van der Waals surface area contributed by atoms with E-state index < -0.39 is 23.3 Å². The van der Waals surface area contributed by atoms with E-state index in [0.29, 0.717) is 50.9 Å². The van der Waals surface area contributed by atoms with Gasteiger partial charge in [0.15, 0.2) is 0 Å². The van der Waals surface area contributed by atoms with Crippen molar-refractivity contribution < 1.29 is 17.6 Å². The van der Waals surface area contributed by atoms with Crippen LogP contribution in [0.15, 0.2) is 109 Å². The fourth-order valence-electron chi connectivity index (χ4n) is 5.81. The summed E-state index contributed by atoms with van der Waals surface area (Å²) in [5.74, 6) is -2.05. The number of nitrogen functional groups attached to an aromatic ring is 1. The molecule has 6 rings (SSSR count). The van der Waals surface area contributed by atoms with Crippen LogP contribution in [0.4, 0.5) is 23.2 Å². The molecule has 49 heavy (non-hydrogen) atoms. The third kappa shape index (κ3) is 8.22. The molecule has 0 amide bonds. The fraction of sp³-hybridized carbons (Fsp3) is 0.0952. The summed E-state index contributed by atoms with van der Waals surface area (Å²) in [6.45, 7) is 5.79. The van der Waals surface area contributed by atoms with Crippen molar-refractivity contribution in [2.45, 2.75) is 27.2 Å². The highest BCUT2D eigenvalue weighted by molar-refractivity contribution is 5.78. The van der Waals surface area contributed by atoms with Crippen LogP contribution in [0.3, 0.4) is 0 Å². The lowest BCUT2D eigenvalue weighted by molar-refractivity contribution is 0.627. The van der Waals surface area contributed by atoms with Gasteiger partial charge in [-0.2, -0.15) is 10.5 Å².